The van der Waals surface area contributed by atoms with Crippen molar-refractivity contribution < 1.29 is 5.11 Å². The summed E-state index contributed by atoms with van der Waals surface area (Å²) in [5.41, 5.74) is 0.00105. The molecule has 0 amide bonds. The second kappa shape index (κ2) is 7.31. The predicted molar refractivity (Wildman–Crippen MR) is 90.4 cm³/mol. The number of likely N-dealkylation sites (tertiary alicyclic amines) is 1. The lowest BCUT2D eigenvalue weighted by Crippen LogP contribution is -2.33. The van der Waals surface area contributed by atoms with Gasteiger partial charge in [-0.2, -0.15) is 0 Å². The number of aliphatic hydroxyl groups is 1. The molecule has 2 fully saturated rings. The van der Waals surface area contributed by atoms with Crippen molar-refractivity contribution in [3.05, 3.63) is 35.9 Å². The SMILES string of the molecule is O[C@](C#CCN1CCCCC1)(c1ccccc1)C1CCCC1. The van der Waals surface area contributed by atoms with E-state index in [0.29, 0.717) is 0 Å². The van der Waals surface area contributed by atoms with E-state index >= 15 is 0 Å². The third kappa shape index (κ3) is 3.54. The minimum atomic E-state index is -0.965. The molecule has 2 nitrogen and oxygen atoms in total. The standard InChI is InChI=1S/C20H27NO/c22-20(19-12-5-6-13-19,18-10-3-1-4-11-18)14-9-17-21-15-7-2-8-16-21/h1,3-4,10-11,19,22H,2,5-8,12-13,15-17H2/t20-/m1/s1. The van der Waals surface area contributed by atoms with Crippen LogP contribution in [0.2, 0.25) is 0 Å². The Bertz CT molecular complexity index is 518. The molecule has 3 rings (SSSR count). The topological polar surface area (TPSA) is 23.5 Å². The molecule has 0 radical (unpaired) electrons. The van der Waals surface area contributed by atoms with Crippen LogP contribution in [0.15, 0.2) is 30.3 Å². The second-order valence-corrected chi connectivity index (χ2v) is 6.75. The van der Waals surface area contributed by atoms with Crippen molar-refractivity contribution in [2.24, 2.45) is 5.92 Å². The average Bonchev–Trinajstić information content (AvgIpc) is 3.12. The Morgan fingerprint density at radius 1 is 1.00 bits per heavy atom. The molecule has 1 saturated heterocycles. The predicted octanol–water partition coefficient (Wildman–Crippen LogP) is 3.55. The van der Waals surface area contributed by atoms with Gasteiger partial charge in [0, 0.05) is 5.92 Å². The van der Waals surface area contributed by atoms with E-state index in [-0.39, 0.29) is 5.92 Å². The summed E-state index contributed by atoms with van der Waals surface area (Å²) in [6.07, 6.45) is 8.52. The number of hydrogen-bond acceptors (Lipinski definition) is 2. The minimum Gasteiger partial charge on any atom is -0.373 e. The summed E-state index contributed by atoms with van der Waals surface area (Å²) >= 11 is 0. The summed E-state index contributed by atoms with van der Waals surface area (Å²) in [7, 11) is 0. The van der Waals surface area contributed by atoms with E-state index in [4.69, 9.17) is 0 Å². The van der Waals surface area contributed by atoms with Gasteiger partial charge in [-0.1, -0.05) is 61.4 Å². The van der Waals surface area contributed by atoms with Crippen molar-refractivity contribution in [1.82, 2.24) is 4.90 Å². The van der Waals surface area contributed by atoms with E-state index in [1.165, 1.54) is 32.1 Å². The summed E-state index contributed by atoms with van der Waals surface area (Å²) in [5, 5.41) is 11.3. The van der Waals surface area contributed by atoms with Gasteiger partial charge >= 0.3 is 0 Å². The molecule has 1 aromatic rings. The number of piperidine rings is 1. The maximum absolute atomic E-state index is 11.3. The Kier molecular flexibility index (Phi) is 5.18. The van der Waals surface area contributed by atoms with E-state index < -0.39 is 5.60 Å². The summed E-state index contributed by atoms with van der Waals surface area (Å²) < 4.78 is 0. The highest BCUT2D eigenvalue weighted by Gasteiger charge is 2.38. The molecule has 1 aliphatic carbocycles. The Hall–Kier alpha value is -1.30. The molecule has 1 N–H and O–H groups in total. The Morgan fingerprint density at radius 3 is 2.36 bits per heavy atom. The van der Waals surface area contributed by atoms with Gasteiger partial charge in [0.25, 0.3) is 0 Å². The van der Waals surface area contributed by atoms with Gasteiger partial charge in [0.2, 0.25) is 0 Å². The van der Waals surface area contributed by atoms with Gasteiger partial charge < -0.3 is 5.11 Å². The van der Waals surface area contributed by atoms with Gasteiger partial charge in [0.05, 0.1) is 6.54 Å². The van der Waals surface area contributed by atoms with E-state index in [9.17, 15) is 5.11 Å². The fourth-order valence-corrected chi connectivity index (χ4v) is 3.85. The average molecular weight is 297 g/mol. The molecule has 2 heteroatoms. The Labute approximate surface area is 134 Å². The molecule has 1 atom stereocenters. The fourth-order valence-electron chi connectivity index (χ4n) is 3.85. The van der Waals surface area contributed by atoms with Crippen LogP contribution in [0.4, 0.5) is 0 Å². The van der Waals surface area contributed by atoms with Gasteiger partial charge in [-0.05, 0) is 44.3 Å². The molecule has 0 bridgehead atoms. The highest BCUT2D eigenvalue weighted by atomic mass is 16.3. The summed E-state index contributed by atoms with van der Waals surface area (Å²) in [4.78, 5) is 2.41. The first-order chi connectivity index (χ1) is 10.8. The summed E-state index contributed by atoms with van der Waals surface area (Å²) in [5.74, 6) is 6.84. The number of hydrogen-bond donors (Lipinski definition) is 1. The van der Waals surface area contributed by atoms with Crippen LogP contribution in [0.5, 0.6) is 0 Å². The van der Waals surface area contributed by atoms with Crippen LogP contribution in [0, 0.1) is 17.8 Å². The highest BCUT2D eigenvalue weighted by molar-refractivity contribution is 5.33. The molecule has 1 aliphatic heterocycles. The number of benzene rings is 1. The first-order valence-corrected chi connectivity index (χ1v) is 8.79. The Morgan fingerprint density at radius 2 is 1.68 bits per heavy atom. The molecule has 0 aromatic heterocycles. The van der Waals surface area contributed by atoms with Crippen molar-refractivity contribution in [2.75, 3.05) is 19.6 Å². The highest BCUT2D eigenvalue weighted by Crippen LogP contribution is 2.40. The zero-order valence-corrected chi connectivity index (χ0v) is 13.4. The maximum Gasteiger partial charge on any atom is 0.153 e. The number of nitrogens with zero attached hydrogens (tertiary/aromatic N) is 1. The van der Waals surface area contributed by atoms with Gasteiger partial charge in [-0.15, -0.1) is 0 Å². The molecule has 118 valence electrons. The van der Waals surface area contributed by atoms with Crippen LogP contribution in [-0.4, -0.2) is 29.6 Å². The lowest BCUT2D eigenvalue weighted by molar-refractivity contribution is 0.0367. The molecule has 22 heavy (non-hydrogen) atoms. The zero-order chi connectivity index (χ0) is 15.3. The fraction of sp³-hybridized carbons (Fsp3) is 0.600. The number of rotatable bonds is 3. The summed E-state index contributed by atoms with van der Waals surface area (Å²) in [6, 6.07) is 10.0. The lowest BCUT2D eigenvalue weighted by Gasteiger charge is -2.30. The van der Waals surface area contributed by atoms with Crippen LogP contribution >= 0.6 is 0 Å². The van der Waals surface area contributed by atoms with Crippen LogP contribution < -0.4 is 0 Å². The van der Waals surface area contributed by atoms with E-state index in [0.717, 1.165) is 38.0 Å². The third-order valence-corrected chi connectivity index (χ3v) is 5.19. The second-order valence-electron chi connectivity index (χ2n) is 6.75. The normalized spacial score (nSPS) is 22.8. The molecule has 0 spiro atoms. The Balaban J connectivity index is 1.77. The third-order valence-electron chi connectivity index (χ3n) is 5.19. The van der Waals surface area contributed by atoms with Crippen LogP contribution in [0.3, 0.4) is 0 Å². The lowest BCUT2D eigenvalue weighted by atomic mass is 9.80. The molecule has 0 unspecified atom stereocenters. The van der Waals surface area contributed by atoms with Crippen molar-refractivity contribution in [3.8, 4) is 11.8 Å². The zero-order valence-electron chi connectivity index (χ0n) is 13.4. The first kappa shape index (κ1) is 15.6. The molecule has 1 heterocycles. The van der Waals surface area contributed by atoms with Gasteiger partial charge in [-0.25, -0.2) is 0 Å². The largest absolute Gasteiger partial charge is 0.373 e. The van der Waals surface area contributed by atoms with E-state index in [1.54, 1.807) is 0 Å². The van der Waals surface area contributed by atoms with Crippen LogP contribution in [0.1, 0.15) is 50.5 Å². The molecular weight excluding hydrogens is 270 g/mol. The van der Waals surface area contributed by atoms with Crippen molar-refractivity contribution in [2.45, 2.75) is 50.5 Å². The van der Waals surface area contributed by atoms with E-state index in [1.807, 2.05) is 30.3 Å². The molecular formula is C20H27NO. The van der Waals surface area contributed by atoms with E-state index in [2.05, 4.69) is 16.7 Å². The first-order valence-electron chi connectivity index (χ1n) is 8.79. The monoisotopic (exact) mass is 297 g/mol. The van der Waals surface area contributed by atoms with Crippen molar-refractivity contribution >= 4 is 0 Å². The van der Waals surface area contributed by atoms with Gasteiger partial charge in [-0.3, -0.25) is 4.90 Å². The quantitative estimate of drug-likeness (QED) is 0.862. The van der Waals surface area contributed by atoms with Crippen LogP contribution in [-0.2, 0) is 5.60 Å². The molecule has 1 aromatic carbocycles. The molecule has 1 saturated carbocycles. The smallest absolute Gasteiger partial charge is 0.153 e. The van der Waals surface area contributed by atoms with Gasteiger partial charge in [0.1, 0.15) is 0 Å². The maximum atomic E-state index is 11.3. The van der Waals surface area contributed by atoms with Crippen LogP contribution in [0.25, 0.3) is 0 Å². The van der Waals surface area contributed by atoms with Crippen molar-refractivity contribution in [1.29, 1.82) is 0 Å². The molecule has 2 aliphatic rings. The minimum absolute atomic E-state index is 0.281. The summed E-state index contributed by atoms with van der Waals surface area (Å²) in [6.45, 7) is 3.10. The van der Waals surface area contributed by atoms with Gasteiger partial charge in [0.15, 0.2) is 5.60 Å². The van der Waals surface area contributed by atoms with Crippen molar-refractivity contribution in [3.63, 3.8) is 0 Å².